The Bertz CT molecular complexity index is 542. The lowest BCUT2D eigenvalue weighted by molar-refractivity contribution is -0.129. The molecule has 1 fully saturated rings. The third-order valence-electron chi connectivity index (χ3n) is 3.55. The Morgan fingerprint density at radius 2 is 2.15 bits per heavy atom. The predicted molar refractivity (Wildman–Crippen MR) is 77.3 cm³/mol. The molecule has 0 atom stereocenters. The van der Waals surface area contributed by atoms with Gasteiger partial charge in [-0.25, -0.2) is 4.98 Å². The zero-order valence-corrected chi connectivity index (χ0v) is 12.1. The van der Waals surface area contributed by atoms with Gasteiger partial charge in [0.25, 0.3) is 0 Å². The van der Waals surface area contributed by atoms with Gasteiger partial charge >= 0.3 is 0 Å². The zero-order chi connectivity index (χ0) is 14.5. The number of pyridine rings is 1. The van der Waals surface area contributed by atoms with Gasteiger partial charge in [-0.3, -0.25) is 4.79 Å². The van der Waals surface area contributed by atoms with Crippen molar-refractivity contribution < 1.29 is 4.79 Å². The van der Waals surface area contributed by atoms with E-state index in [-0.39, 0.29) is 5.91 Å². The molecule has 0 aromatic carbocycles. The zero-order valence-electron chi connectivity index (χ0n) is 12.1. The minimum absolute atomic E-state index is 0.179. The second-order valence-corrected chi connectivity index (χ2v) is 5.18. The van der Waals surface area contributed by atoms with Crippen molar-refractivity contribution in [2.45, 2.75) is 33.1 Å². The van der Waals surface area contributed by atoms with E-state index in [0.717, 1.165) is 37.2 Å². The molecule has 0 bridgehead atoms. The van der Waals surface area contributed by atoms with Gasteiger partial charge in [0.05, 0.1) is 5.56 Å². The van der Waals surface area contributed by atoms with Crippen molar-refractivity contribution in [3.05, 3.63) is 22.9 Å². The van der Waals surface area contributed by atoms with Crippen LogP contribution in [0.3, 0.4) is 0 Å². The highest BCUT2D eigenvalue weighted by atomic mass is 16.2. The van der Waals surface area contributed by atoms with E-state index in [9.17, 15) is 4.79 Å². The van der Waals surface area contributed by atoms with Crippen LogP contribution < -0.4 is 5.32 Å². The second-order valence-electron chi connectivity index (χ2n) is 5.18. The van der Waals surface area contributed by atoms with Gasteiger partial charge in [0, 0.05) is 31.7 Å². The van der Waals surface area contributed by atoms with Gasteiger partial charge in [-0.1, -0.05) is 0 Å². The Balaban J connectivity index is 1.94. The lowest BCUT2D eigenvalue weighted by atomic mass is 10.1. The van der Waals surface area contributed by atoms with Crippen molar-refractivity contribution in [3.8, 4) is 6.07 Å². The molecule has 106 valence electrons. The molecule has 0 aliphatic carbocycles. The average molecular weight is 272 g/mol. The van der Waals surface area contributed by atoms with Crippen LogP contribution in [-0.4, -0.2) is 35.4 Å². The molecular weight excluding hydrogens is 252 g/mol. The molecule has 0 unspecified atom stereocenters. The summed E-state index contributed by atoms with van der Waals surface area (Å²) in [5, 5.41) is 12.3. The van der Waals surface area contributed by atoms with E-state index < -0.39 is 0 Å². The van der Waals surface area contributed by atoms with Crippen LogP contribution in [0.4, 0.5) is 5.82 Å². The van der Waals surface area contributed by atoms with Gasteiger partial charge in [0.15, 0.2) is 0 Å². The molecule has 0 saturated carbocycles. The molecule has 5 nitrogen and oxygen atoms in total. The number of aromatic nitrogens is 1. The number of nitrogens with zero attached hydrogens (tertiary/aromatic N) is 3. The lowest BCUT2D eigenvalue weighted by Gasteiger charge is -2.16. The lowest BCUT2D eigenvalue weighted by Crippen LogP contribution is -2.29. The molecule has 5 heteroatoms. The average Bonchev–Trinajstić information content (AvgIpc) is 2.92. The summed E-state index contributed by atoms with van der Waals surface area (Å²) in [6.45, 7) is 6.07. The predicted octanol–water partition coefficient (Wildman–Crippen LogP) is 1.99. The van der Waals surface area contributed by atoms with Gasteiger partial charge in [-0.2, -0.15) is 5.26 Å². The molecule has 1 aromatic rings. The third kappa shape index (κ3) is 3.27. The third-order valence-corrected chi connectivity index (χ3v) is 3.55. The number of nitrogens with one attached hydrogen (secondary N) is 1. The summed E-state index contributed by atoms with van der Waals surface area (Å²) in [6, 6.07) is 4.05. The number of anilines is 1. The fraction of sp³-hybridized carbons (Fsp3) is 0.533. The van der Waals surface area contributed by atoms with E-state index >= 15 is 0 Å². The molecule has 2 heterocycles. The number of hydrogen-bond donors (Lipinski definition) is 1. The molecule has 2 rings (SSSR count). The summed E-state index contributed by atoms with van der Waals surface area (Å²) in [7, 11) is 0. The van der Waals surface area contributed by atoms with Gasteiger partial charge in [0.2, 0.25) is 5.91 Å². The molecule has 0 spiro atoms. The van der Waals surface area contributed by atoms with Gasteiger partial charge < -0.3 is 10.2 Å². The van der Waals surface area contributed by atoms with Crippen LogP contribution in [0.25, 0.3) is 0 Å². The first-order valence-corrected chi connectivity index (χ1v) is 7.02. The van der Waals surface area contributed by atoms with Crippen molar-refractivity contribution >= 4 is 11.7 Å². The number of hydrogen-bond acceptors (Lipinski definition) is 4. The minimum atomic E-state index is 0.179. The first kappa shape index (κ1) is 14.3. The quantitative estimate of drug-likeness (QED) is 0.910. The first-order chi connectivity index (χ1) is 9.61. The number of likely N-dealkylation sites (tertiary alicyclic amines) is 1. The number of carbonyl (C=O) groups is 1. The molecule has 20 heavy (non-hydrogen) atoms. The van der Waals surface area contributed by atoms with Gasteiger partial charge in [-0.15, -0.1) is 0 Å². The Labute approximate surface area is 119 Å². The van der Waals surface area contributed by atoms with Crippen LogP contribution in [0.2, 0.25) is 0 Å². The van der Waals surface area contributed by atoms with Crippen LogP contribution in [-0.2, 0) is 4.79 Å². The summed E-state index contributed by atoms with van der Waals surface area (Å²) in [5.41, 5.74) is 2.34. The maximum Gasteiger partial charge on any atom is 0.224 e. The van der Waals surface area contributed by atoms with Crippen LogP contribution in [0.5, 0.6) is 0 Å². The monoisotopic (exact) mass is 272 g/mol. The number of carbonyl (C=O) groups excluding carboxylic acids is 1. The molecule has 1 aliphatic heterocycles. The summed E-state index contributed by atoms with van der Waals surface area (Å²) in [5.74, 6) is 0.761. The van der Waals surface area contributed by atoms with E-state index in [0.29, 0.717) is 24.3 Å². The first-order valence-electron chi connectivity index (χ1n) is 7.02. The van der Waals surface area contributed by atoms with Crippen molar-refractivity contribution in [3.63, 3.8) is 0 Å². The smallest absolute Gasteiger partial charge is 0.224 e. The molecule has 1 aliphatic rings. The number of aryl methyl sites for hydroxylation is 2. The Hall–Kier alpha value is -2.09. The van der Waals surface area contributed by atoms with Gasteiger partial charge in [-0.05, 0) is 38.3 Å². The molecule has 1 N–H and O–H groups in total. The molecule has 1 aromatic heterocycles. The number of amides is 1. The Morgan fingerprint density at radius 1 is 1.45 bits per heavy atom. The largest absolute Gasteiger partial charge is 0.368 e. The van der Waals surface area contributed by atoms with E-state index in [1.54, 1.807) is 0 Å². The topological polar surface area (TPSA) is 69.0 Å². The van der Waals surface area contributed by atoms with Crippen LogP contribution in [0, 0.1) is 25.2 Å². The minimum Gasteiger partial charge on any atom is -0.368 e. The van der Waals surface area contributed by atoms with Crippen molar-refractivity contribution in [1.29, 1.82) is 5.26 Å². The summed E-state index contributed by atoms with van der Waals surface area (Å²) in [6.07, 6.45) is 2.66. The molecule has 0 radical (unpaired) electrons. The highest BCUT2D eigenvalue weighted by Crippen LogP contribution is 2.17. The summed E-state index contributed by atoms with van der Waals surface area (Å²) < 4.78 is 0. The van der Waals surface area contributed by atoms with Crippen molar-refractivity contribution in [2.24, 2.45) is 0 Å². The fourth-order valence-electron chi connectivity index (χ4n) is 2.52. The molecular formula is C15H20N4O. The number of nitriles is 1. The van der Waals surface area contributed by atoms with E-state index in [2.05, 4.69) is 16.4 Å². The summed E-state index contributed by atoms with van der Waals surface area (Å²) >= 11 is 0. The van der Waals surface area contributed by atoms with Crippen LogP contribution >= 0.6 is 0 Å². The van der Waals surface area contributed by atoms with Gasteiger partial charge in [0.1, 0.15) is 11.9 Å². The standard InChI is InChI=1S/C15H20N4O/c1-11-9-12(2)18-15(13(11)10-16)17-6-5-14(20)19-7-3-4-8-19/h9H,3-8H2,1-2H3,(H,17,18). The van der Waals surface area contributed by atoms with Crippen LogP contribution in [0.1, 0.15) is 36.1 Å². The highest BCUT2D eigenvalue weighted by molar-refractivity contribution is 5.77. The van der Waals surface area contributed by atoms with E-state index in [1.165, 1.54) is 0 Å². The van der Waals surface area contributed by atoms with Crippen molar-refractivity contribution in [1.82, 2.24) is 9.88 Å². The molecule has 1 saturated heterocycles. The van der Waals surface area contributed by atoms with E-state index in [1.807, 2.05) is 24.8 Å². The maximum absolute atomic E-state index is 11.9. The normalized spacial score (nSPS) is 14.2. The Kier molecular flexibility index (Phi) is 4.57. The van der Waals surface area contributed by atoms with Crippen LogP contribution in [0.15, 0.2) is 6.07 Å². The number of rotatable bonds is 4. The molecule has 1 amide bonds. The van der Waals surface area contributed by atoms with Crippen molar-refractivity contribution in [2.75, 3.05) is 25.0 Å². The SMILES string of the molecule is Cc1cc(C)c(C#N)c(NCCC(=O)N2CCCC2)n1. The summed E-state index contributed by atoms with van der Waals surface area (Å²) in [4.78, 5) is 18.2. The Morgan fingerprint density at radius 3 is 2.80 bits per heavy atom. The maximum atomic E-state index is 11.9. The second kappa shape index (κ2) is 6.38. The highest BCUT2D eigenvalue weighted by Gasteiger charge is 2.17. The fourth-order valence-corrected chi connectivity index (χ4v) is 2.52. The van der Waals surface area contributed by atoms with E-state index in [4.69, 9.17) is 5.26 Å².